The Morgan fingerprint density at radius 2 is 1.71 bits per heavy atom. The molecule has 0 N–H and O–H groups in total. The lowest BCUT2D eigenvalue weighted by Crippen LogP contribution is -2.50. The van der Waals surface area contributed by atoms with Gasteiger partial charge in [-0.2, -0.15) is 0 Å². The molecule has 98 valence electrons. The first-order chi connectivity index (χ1) is 8.31. The Hall–Kier alpha value is -0.570. The summed E-state index contributed by atoms with van der Waals surface area (Å²) < 4.78 is 0. The number of amides is 1. The van der Waals surface area contributed by atoms with Crippen molar-refractivity contribution in [3.05, 3.63) is 0 Å². The van der Waals surface area contributed by atoms with Crippen LogP contribution in [0.2, 0.25) is 0 Å². The molecule has 0 unspecified atom stereocenters. The molecule has 1 saturated carbocycles. The first-order valence-electron chi connectivity index (χ1n) is 7.32. The number of hydrogen-bond acceptors (Lipinski definition) is 2. The van der Waals surface area contributed by atoms with Gasteiger partial charge in [0.2, 0.25) is 5.91 Å². The van der Waals surface area contributed by atoms with E-state index in [1.165, 1.54) is 32.2 Å². The monoisotopic (exact) mass is 238 g/mol. The number of rotatable bonds is 3. The molecule has 2 rings (SSSR count). The van der Waals surface area contributed by atoms with Crippen LogP contribution in [0, 0.1) is 5.92 Å². The maximum absolute atomic E-state index is 12.3. The van der Waals surface area contributed by atoms with Gasteiger partial charge < -0.3 is 4.90 Å². The number of carbonyl (C=O) groups is 1. The summed E-state index contributed by atoms with van der Waals surface area (Å²) in [7, 11) is 0. The molecular weight excluding hydrogens is 212 g/mol. The van der Waals surface area contributed by atoms with Crippen LogP contribution in [0.25, 0.3) is 0 Å². The smallest absolute Gasteiger partial charge is 0.225 e. The highest BCUT2D eigenvalue weighted by molar-refractivity contribution is 5.79. The van der Waals surface area contributed by atoms with Gasteiger partial charge in [0.05, 0.1) is 0 Å². The van der Waals surface area contributed by atoms with E-state index in [1.54, 1.807) is 0 Å². The Balaban J connectivity index is 1.77. The summed E-state index contributed by atoms with van der Waals surface area (Å²) in [4.78, 5) is 16.9. The highest BCUT2D eigenvalue weighted by atomic mass is 16.2. The van der Waals surface area contributed by atoms with Gasteiger partial charge in [-0.15, -0.1) is 0 Å². The molecule has 0 aromatic rings. The Bertz CT molecular complexity index is 241. The first kappa shape index (κ1) is 12.9. The Morgan fingerprint density at radius 3 is 2.29 bits per heavy atom. The van der Waals surface area contributed by atoms with E-state index in [4.69, 9.17) is 0 Å². The second-order valence-corrected chi connectivity index (χ2v) is 5.50. The van der Waals surface area contributed by atoms with E-state index in [2.05, 4.69) is 16.7 Å². The van der Waals surface area contributed by atoms with E-state index < -0.39 is 0 Å². The minimum Gasteiger partial charge on any atom is -0.340 e. The predicted molar refractivity (Wildman–Crippen MR) is 69.9 cm³/mol. The van der Waals surface area contributed by atoms with Crippen molar-refractivity contribution in [2.75, 3.05) is 32.7 Å². The van der Waals surface area contributed by atoms with E-state index >= 15 is 0 Å². The van der Waals surface area contributed by atoms with E-state index in [9.17, 15) is 4.79 Å². The van der Waals surface area contributed by atoms with Crippen LogP contribution in [0.3, 0.4) is 0 Å². The van der Waals surface area contributed by atoms with Crippen molar-refractivity contribution < 1.29 is 4.79 Å². The van der Waals surface area contributed by atoms with E-state index in [-0.39, 0.29) is 0 Å². The summed E-state index contributed by atoms with van der Waals surface area (Å²) in [5.41, 5.74) is 0. The topological polar surface area (TPSA) is 23.6 Å². The standard InChI is InChI=1S/C14H26N2O/c1-2-8-15-9-11-16(12-10-15)14(17)13-6-4-3-5-7-13/h13H,2-12H2,1H3. The Labute approximate surface area is 105 Å². The molecule has 1 amide bonds. The average Bonchev–Trinajstić information content (AvgIpc) is 2.40. The van der Waals surface area contributed by atoms with Gasteiger partial charge in [-0.3, -0.25) is 9.69 Å². The first-order valence-corrected chi connectivity index (χ1v) is 7.32. The van der Waals surface area contributed by atoms with Crippen LogP contribution < -0.4 is 0 Å². The van der Waals surface area contributed by atoms with Crippen molar-refractivity contribution in [3.63, 3.8) is 0 Å². The molecule has 0 atom stereocenters. The molecule has 0 aromatic heterocycles. The summed E-state index contributed by atoms with van der Waals surface area (Å²) in [5, 5.41) is 0. The van der Waals surface area contributed by atoms with Gasteiger partial charge in [-0.1, -0.05) is 26.2 Å². The van der Waals surface area contributed by atoms with Crippen molar-refractivity contribution in [3.8, 4) is 0 Å². The third-order valence-electron chi connectivity index (χ3n) is 4.18. The van der Waals surface area contributed by atoms with Crippen LogP contribution in [-0.2, 0) is 4.79 Å². The zero-order valence-electron chi connectivity index (χ0n) is 11.2. The number of nitrogens with zero attached hydrogens (tertiary/aromatic N) is 2. The quantitative estimate of drug-likeness (QED) is 0.752. The summed E-state index contributed by atoms with van der Waals surface area (Å²) in [6, 6.07) is 0. The SMILES string of the molecule is CCCN1CCN(C(=O)C2CCCCC2)CC1. The van der Waals surface area contributed by atoms with Crippen LogP contribution in [-0.4, -0.2) is 48.4 Å². The average molecular weight is 238 g/mol. The predicted octanol–water partition coefficient (Wildman–Crippen LogP) is 2.12. The highest BCUT2D eigenvalue weighted by Gasteiger charge is 2.27. The molecule has 0 aromatic carbocycles. The molecule has 0 bridgehead atoms. The third-order valence-corrected chi connectivity index (χ3v) is 4.18. The highest BCUT2D eigenvalue weighted by Crippen LogP contribution is 2.25. The zero-order chi connectivity index (χ0) is 12.1. The van der Waals surface area contributed by atoms with Crippen molar-refractivity contribution in [1.29, 1.82) is 0 Å². The largest absolute Gasteiger partial charge is 0.340 e. The molecule has 2 fully saturated rings. The molecule has 17 heavy (non-hydrogen) atoms. The molecule has 1 saturated heterocycles. The minimum absolute atomic E-state index is 0.349. The molecular formula is C14H26N2O. The number of carbonyl (C=O) groups excluding carboxylic acids is 1. The normalized spacial score (nSPS) is 23.9. The maximum atomic E-state index is 12.3. The van der Waals surface area contributed by atoms with E-state index in [1.807, 2.05) is 0 Å². The molecule has 0 radical (unpaired) electrons. The summed E-state index contributed by atoms with van der Waals surface area (Å²) in [5.74, 6) is 0.794. The second-order valence-electron chi connectivity index (χ2n) is 5.50. The van der Waals surface area contributed by atoms with Crippen molar-refractivity contribution in [2.24, 2.45) is 5.92 Å². The van der Waals surface area contributed by atoms with Gasteiger partial charge in [-0.25, -0.2) is 0 Å². The lowest BCUT2D eigenvalue weighted by Gasteiger charge is -2.37. The Kier molecular flexibility index (Phi) is 4.84. The molecule has 2 aliphatic rings. The lowest BCUT2D eigenvalue weighted by atomic mass is 9.88. The van der Waals surface area contributed by atoms with Gasteiger partial charge >= 0.3 is 0 Å². The van der Waals surface area contributed by atoms with E-state index in [0.29, 0.717) is 11.8 Å². The fraction of sp³-hybridized carbons (Fsp3) is 0.929. The van der Waals surface area contributed by atoms with Gasteiger partial charge in [0.15, 0.2) is 0 Å². The van der Waals surface area contributed by atoms with Crippen LogP contribution in [0.5, 0.6) is 0 Å². The Morgan fingerprint density at radius 1 is 1.06 bits per heavy atom. The van der Waals surface area contributed by atoms with E-state index in [0.717, 1.165) is 39.0 Å². The zero-order valence-corrected chi connectivity index (χ0v) is 11.2. The minimum atomic E-state index is 0.349. The van der Waals surface area contributed by atoms with Gasteiger partial charge in [0.1, 0.15) is 0 Å². The van der Waals surface area contributed by atoms with Gasteiger partial charge in [-0.05, 0) is 25.8 Å². The van der Waals surface area contributed by atoms with Gasteiger partial charge in [0, 0.05) is 32.1 Å². The molecule has 1 aliphatic heterocycles. The third kappa shape index (κ3) is 3.44. The molecule has 0 spiro atoms. The van der Waals surface area contributed by atoms with Crippen LogP contribution >= 0.6 is 0 Å². The maximum Gasteiger partial charge on any atom is 0.225 e. The molecule has 3 heteroatoms. The fourth-order valence-electron chi connectivity index (χ4n) is 3.12. The second kappa shape index (κ2) is 6.39. The van der Waals surface area contributed by atoms with Crippen LogP contribution in [0.15, 0.2) is 0 Å². The van der Waals surface area contributed by atoms with Crippen LogP contribution in [0.1, 0.15) is 45.4 Å². The fourth-order valence-corrected chi connectivity index (χ4v) is 3.12. The molecule has 1 heterocycles. The molecule has 1 aliphatic carbocycles. The number of hydrogen-bond donors (Lipinski definition) is 0. The summed E-state index contributed by atoms with van der Waals surface area (Å²) in [6.07, 6.45) is 7.32. The number of piperazine rings is 1. The summed E-state index contributed by atoms with van der Waals surface area (Å²) in [6.45, 7) is 7.47. The molecule has 3 nitrogen and oxygen atoms in total. The lowest BCUT2D eigenvalue weighted by molar-refractivity contribution is -0.138. The van der Waals surface area contributed by atoms with Crippen molar-refractivity contribution >= 4 is 5.91 Å². The van der Waals surface area contributed by atoms with Crippen molar-refractivity contribution in [1.82, 2.24) is 9.80 Å². The van der Waals surface area contributed by atoms with Crippen molar-refractivity contribution in [2.45, 2.75) is 45.4 Å². The summed E-state index contributed by atoms with van der Waals surface area (Å²) >= 11 is 0. The van der Waals surface area contributed by atoms with Gasteiger partial charge in [0.25, 0.3) is 0 Å². The van der Waals surface area contributed by atoms with Crippen LogP contribution in [0.4, 0.5) is 0 Å².